The Morgan fingerprint density at radius 3 is 2.40 bits per heavy atom. The molecule has 0 atom stereocenters. The van der Waals surface area contributed by atoms with Crippen LogP contribution in [-0.2, 0) is 6.42 Å². The summed E-state index contributed by atoms with van der Waals surface area (Å²) in [5.41, 5.74) is 2.46. The summed E-state index contributed by atoms with van der Waals surface area (Å²) in [4.78, 5) is 0. The molecule has 0 saturated carbocycles. The van der Waals surface area contributed by atoms with Crippen molar-refractivity contribution >= 4 is 0 Å². The SMILES string of the molecule is CCCCc1cc(-c2ccc(OC)cc2)oc1C(C)C. The zero-order chi connectivity index (χ0) is 14.5. The summed E-state index contributed by atoms with van der Waals surface area (Å²) in [5, 5.41) is 0. The highest BCUT2D eigenvalue weighted by Crippen LogP contribution is 2.31. The van der Waals surface area contributed by atoms with Gasteiger partial charge < -0.3 is 9.15 Å². The molecule has 0 bridgehead atoms. The summed E-state index contributed by atoms with van der Waals surface area (Å²) in [6, 6.07) is 10.2. The number of ether oxygens (including phenoxy) is 1. The van der Waals surface area contributed by atoms with Crippen molar-refractivity contribution in [2.75, 3.05) is 7.11 Å². The van der Waals surface area contributed by atoms with E-state index < -0.39 is 0 Å². The summed E-state index contributed by atoms with van der Waals surface area (Å²) in [6.45, 7) is 6.59. The van der Waals surface area contributed by atoms with Crippen LogP contribution < -0.4 is 4.74 Å². The van der Waals surface area contributed by atoms with E-state index >= 15 is 0 Å². The molecule has 2 aromatic rings. The number of benzene rings is 1. The van der Waals surface area contributed by atoms with Gasteiger partial charge in [-0.3, -0.25) is 0 Å². The quantitative estimate of drug-likeness (QED) is 0.700. The van der Waals surface area contributed by atoms with E-state index in [1.807, 2.05) is 24.3 Å². The number of aryl methyl sites for hydroxylation is 1. The largest absolute Gasteiger partial charge is 0.497 e. The molecule has 2 heteroatoms. The third kappa shape index (κ3) is 3.24. The second kappa shape index (κ2) is 6.65. The third-order valence-corrected chi connectivity index (χ3v) is 3.54. The monoisotopic (exact) mass is 272 g/mol. The Morgan fingerprint density at radius 1 is 1.15 bits per heavy atom. The van der Waals surface area contributed by atoms with Gasteiger partial charge in [0, 0.05) is 11.5 Å². The van der Waals surface area contributed by atoms with Crippen LogP contribution in [0.4, 0.5) is 0 Å². The minimum atomic E-state index is 0.425. The highest BCUT2D eigenvalue weighted by atomic mass is 16.5. The Labute approximate surface area is 121 Å². The van der Waals surface area contributed by atoms with Crippen molar-refractivity contribution in [3.8, 4) is 17.1 Å². The van der Waals surface area contributed by atoms with Crippen LogP contribution >= 0.6 is 0 Å². The number of furan rings is 1. The summed E-state index contributed by atoms with van der Waals surface area (Å²) in [7, 11) is 1.68. The Kier molecular flexibility index (Phi) is 4.89. The van der Waals surface area contributed by atoms with Gasteiger partial charge in [-0.2, -0.15) is 0 Å². The van der Waals surface area contributed by atoms with E-state index in [4.69, 9.17) is 9.15 Å². The number of unbranched alkanes of at least 4 members (excludes halogenated alkanes) is 1. The van der Waals surface area contributed by atoms with Crippen molar-refractivity contribution in [3.05, 3.63) is 41.7 Å². The van der Waals surface area contributed by atoms with Crippen molar-refractivity contribution < 1.29 is 9.15 Å². The Hall–Kier alpha value is -1.70. The molecule has 0 aliphatic rings. The molecule has 0 unspecified atom stereocenters. The molecule has 1 aromatic heterocycles. The Bertz CT molecular complexity index is 535. The van der Waals surface area contributed by atoms with Gasteiger partial charge in [-0.25, -0.2) is 0 Å². The minimum Gasteiger partial charge on any atom is -0.497 e. The molecule has 0 spiro atoms. The Balaban J connectivity index is 2.31. The second-order valence-corrected chi connectivity index (χ2v) is 5.49. The van der Waals surface area contributed by atoms with E-state index in [9.17, 15) is 0 Å². The molecular formula is C18H24O2. The van der Waals surface area contributed by atoms with Gasteiger partial charge in [0.1, 0.15) is 17.3 Å². The van der Waals surface area contributed by atoms with Crippen molar-refractivity contribution in [1.29, 1.82) is 0 Å². The van der Waals surface area contributed by atoms with Gasteiger partial charge in [-0.15, -0.1) is 0 Å². The molecule has 2 rings (SSSR count). The van der Waals surface area contributed by atoms with Crippen LogP contribution in [0.3, 0.4) is 0 Å². The lowest BCUT2D eigenvalue weighted by molar-refractivity contribution is 0.415. The maximum Gasteiger partial charge on any atom is 0.134 e. The molecule has 1 aromatic carbocycles. The molecule has 1 heterocycles. The second-order valence-electron chi connectivity index (χ2n) is 5.49. The number of rotatable bonds is 6. The van der Waals surface area contributed by atoms with E-state index in [1.54, 1.807) is 7.11 Å². The lowest BCUT2D eigenvalue weighted by Crippen LogP contribution is -1.91. The first-order valence-corrected chi connectivity index (χ1v) is 7.42. The van der Waals surface area contributed by atoms with Crippen molar-refractivity contribution in [3.63, 3.8) is 0 Å². The van der Waals surface area contributed by atoms with Gasteiger partial charge in [0.05, 0.1) is 7.11 Å². The predicted molar refractivity (Wildman–Crippen MR) is 83.4 cm³/mol. The van der Waals surface area contributed by atoms with Crippen LogP contribution in [0.15, 0.2) is 34.7 Å². The molecule has 2 nitrogen and oxygen atoms in total. The number of hydrogen-bond donors (Lipinski definition) is 0. The summed E-state index contributed by atoms with van der Waals surface area (Å²) in [6.07, 6.45) is 3.52. The summed E-state index contributed by atoms with van der Waals surface area (Å²) >= 11 is 0. The molecule has 0 saturated heterocycles. The van der Waals surface area contributed by atoms with E-state index in [2.05, 4.69) is 26.8 Å². The van der Waals surface area contributed by atoms with Crippen LogP contribution in [0.5, 0.6) is 5.75 Å². The van der Waals surface area contributed by atoms with Crippen LogP contribution in [0.2, 0.25) is 0 Å². The van der Waals surface area contributed by atoms with Gasteiger partial charge in [0.25, 0.3) is 0 Å². The molecule has 20 heavy (non-hydrogen) atoms. The molecule has 0 fully saturated rings. The maximum atomic E-state index is 6.09. The molecular weight excluding hydrogens is 248 g/mol. The zero-order valence-corrected chi connectivity index (χ0v) is 12.9. The summed E-state index contributed by atoms with van der Waals surface area (Å²) in [5.74, 6) is 3.39. The predicted octanol–water partition coefficient (Wildman–Crippen LogP) is 5.42. The molecule has 0 N–H and O–H groups in total. The highest BCUT2D eigenvalue weighted by Gasteiger charge is 2.15. The molecule has 0 aliphatic heterocycles. The first kappa shape index (κ1) is 14.7. The molecule has 108 valence electrons. The van der Waals surface area contributed by atoms with E-state index in [0.29, 0.717) is 5.92 Å². The third-order valence-electron chi connectivity index (χ3n) is 3.54. The van der Waals surface area contributed by atoms with E-state index in [-0.39, 0.29) is 0 Å². The smallest absolute Gasteiger partial charge is 0.134 e. The van der Waals surface area contributed by atoms with Gasteiger partial charge in [-0.05, 0) is 48.7 Å². The topological polar surface area (TPSA) is 22.4 Å². The average Bonchev–Trinajstić information content (AvgIpc) is 2.89. The standard InChI is InChI=1S/C18H24O2/c1-5-6-7-15-12-17(20-18(15)13(2)3)14-8-10-16(19-4)11-9-14/h8-13H,5-7H2,1-4H3. The fraction of sp³-hybridized carbons (Fsp3) is 0.444. The van der Waals surface area contributed by atoms with Gasteiger partial charge in [0.15, 0.2) is 0 Å². The van der Waals surface area contributed by atoms with Crippen LogP contribution in [0.25, 0.3) is 11.3 Å². The van der Waals surface area contributed by atoms with Crippen molar-refractivity contribution in [2.45, 2.75) is 46.0 Å². The van der Waals surface area contributed by atoms with Crippen LogP contribution in [0.1, 0.15) is 50.9 Å². The molecule has 0 aliphatic carbocycles. The van der Waals surface area contributed by atoms with Gasteiger partial charge in [0.2, 0.25) is 0 Å². The summed E-state index contributed by atoms with van der Waals surface area (Å²) < 4.78 is 11.3. The van der Waals surface area contributed by atoms with Crippen molar-refractivity contribution in [2.24, 2.45) is 0 Å². The van der Waals surface area contributed by atoms with E-state index in [0.717, 1.165) is 29.3 Å². The van der Waals surface area contributed by atoms with Crippen LogP contribution in [-0.4, -0.2) is 7.11 Å². The number of methoxy groups -OCH3 is 1. The van der Waals surface area contributed by atoms with E-state index in [1.165, 1.54) is 18.4 Å². The fourth-order valence-corrected chi connectivity index (χ4v) is 2.39. The minimum absolute atomic E-state index is 0.425. The van der Waals surface area contributed by atoms with Crippen LogP contribution in [0, 0.1) is 0 Å². The highest BCUT2D eigenvalue weighted by molar-refractivity contribution is 5.60. The Morgan fingerprint density at radius 2 is 1.85 bits per heavy atom. The first-order chi connectivity index (χ1) is 9.65. The van der Waals surface area contributed by atoms with Crippen molar-refractivity contribution in [1.82, 2.24) is 0 Å². The normalized spacial score (nSPS) is 11.1. The number of hydrogen-bond acceptors (Lipinski definition) is 2. The lowest BCUT2D eigenvalue weighted by Gasteiger charge is -2.04. The molecule has 0 radical (unpaired) electrons. The van der Waals surface area contributed by atoms with Gasteiger partial charge >= 0.3 is 0 Å². The van der Waals surface area contributed by atoms with Gasteiger partial charge in [-0.1, -0.05) is 27.2 Å². The lowest BCUT2D eigenvalue weighted by atomic mass is 10.0. The maximum absolute atomic E-state index is 6.09. The molecule has 0 amide bonds. The fourth-order valence-electron chi connectivity index (χ4n) is 2.39. The zero-order valence-electron chi connectivity index (χ0n) is 12.9. The first-order valence-electron chi connectivity index (χ1n) is 7.42. The average molecular weight is 272 g/mol.